The average molecular weight is 240 g/mol. The van der Waals surface area contributed by atoms with Crippen molar-refractivity contribution >= 4 is 17.8 Å². The Kier molecular flexibility index (Phi) is 2.50. The lowest BCUT2D eigenvalue weighted by Crippen LogP contribution is -2.41. The molecule has 1 saturated carbocycles. The number of hydrogen-bond acceptors (Lipinski definition) is 4. The second-order valence-corrected chi connectivity index (χ2v) is 5.34. The Morgan fingerprint density at radius 1 is 1.41 bits per heavy atom. The van der Waals surface area contributed by atoms with Gasteiger partial charge in [0.25, 0.3) is 0 Å². The Labute approximate surface area is 98.8 Å². The highest BCUT2D eigenvalue weighted by Gasteiger charge is 2.72. The molecule has 2 rings (SSSR count). The lowest BCUT2D eigenvalue weighted by molar-refractivity contribution is -0.145. The number of imide groups is 1. The smallest absolute Gasteiger partial charge is 0.320 e. The van der Waals surface area contributed by atoms with E-state index in [9.17, 15) is 14.4 Å². The van der Waals surface area contributed by atoms with Crippen LogP contribution in [0.3, 0.4) is 0 Å². The predicted octanol–water partition coefficient (Wildman–Crippen LogP) is -0.571. The monoisotopic (exact) mass is 240 g/mol. The molecule has 3 N–H and O–H groups in total. The SMILES string of the molecule is CC1(C)C2C(=O)N(CCC(N)C(=O)O)C(=O)C21. The highest BCUT2D eigenvalue weighted by Crippen LogP contribution is 2.63. The maximum atomic E-state index is 11.9. The van der Waals surface area contributed by atoms with E-state index in [2.05, 4.69) is 0 Å². The van der Waals surface area contributed by atoms with E-state index in [0.29, 0.717) is 0 Å². The summed E-state index contributed by atoms with van der Waals surface area (Å²) in [6, 6.07) is -1.03. The van der Waals surface area contributed by atoms with Crippen molar-refractivity contribution in [3.05, 3.63) is 0 Å². The average Bonchev–Trinajstić information content (AvgIpc) is 2.68. The van der Waals surface area contributed by atoms with Gasteiger partial charge in [0.15, 0.2) is 0 Å². The summed E-state index contributed by atoms with van der Waals surface area (Å²) in [5.41, 5.74) is 5.11. The van der Waals surface area contributed by atoms with Crippen LogP contribution in [0.4, 0.5) is 0 Å². The van der Waals surface area contributed by atoms with Crippen molar-refractivity contribution in [3.63, 3.8) is 0 Å². The Bertz CT molecular complexity index is 380. The molecule has 1 aliphatic carbocycles. The van der Waals surface area contributed by atoms with Gasteiger partial charge < -0.3 is 10.8 Å². The summed E-state index contributed by atoms with van der Waals surface area (Å²) in [6.07, 6.45) is 0.104. The number of piperidine rings is 1. The van der Waals surface area contributed by atoms with E-state index in [-0.39, 0.29) is 42.0 Å². The normalized spacial score (nSPS) is 31.4. The number of carboxylic acid groups (broad SMARTS) is 1. The van der Waals surface area contributed by atoms with Crippen LogP contribution in [0.25, 0.3) is 0 Å². The second kappa shape index (κ2) is 3.53. The largest absolute Gasteiger partial charge is 0.480 e. The van der Waals surface area contributed by atoms with E-state index in [4.69, 9.17) is 10.8 Å². The number of carbonyl (C=O) groups excluding carboxylic acids is 2. The predicted molar refractivity (Wildman–Crippen MR) is 57.7 cm³/mol. The second-order valence-electron chi connectivity index (χ2n) is 5.34. The number of rotatable bonds is 4. The third kappa shape index (κ3) is 1.63. The number of carbonyl (C=O) groups is 3. The summed E-state index contributed by atoms with van der Waals surface area (Å²) in [4.78, 5) is 35.4. The number of nitrogens with zero attached hydrogens (tertiary/aromatic N) is 1. The summed E-state index contributed by atoms with van der Waals surface area (Å²) in [7, 11) is 0. The molecule has 2 fully saturated rings. The molecular formula is C11H16N2O4. The molecule has 0 bridgehead atoms. The maximum absolute atomic E-state index is 11.9. The zero-order valence-corrected chi connectivity index (χ0v) is 9.84. The number of hydrogen-bond donors (Lipinski definition) is 2. The molecule has 94 valence electrons. The third-order valence-corrected chi connectivity index (χ3v) is 3.87. The zero-order valence-electron chi connectivity index (χ0n) is 9.84. The molecule has 3 atom stereocenters. The Balaban J connectivity index is 1.96. The molecule has 0 aromatic carbocycles. The molecular weight excluding hydrogens is 224 g/mol. The molecule has 2 amide bonds. The van der Waals surface area contributed by atoms with Crippen molar-refractivity contribution in [2.45, 2.75) is 26.3 Å². The summed E-state index contributed by atoms with van der Waals surface area (Å²) in [5, 5.41) is 8.62. The highest BCUT2D eigenvalue weighted by atomic mass is 16.4. The fourth-order valence-corrected chi connectivity index (χ4v) is 2.62. The van der Waals surface area contributed by atoms with Crippen LogP contribution in [0, 0.1) is 17.3 Å². The zero-order chi connectivity index (χ0) is 13.0. The Morgan fingerprint density at radius 3 is 2.29 bits per heavy atom. The fourth-order valence-electron chi connectivity index (χ4n) is 2.62. The van der Waals surface area contributed by atoms with Gasteiger partial charge in [0.2, 0.25) is 11.8 Å². The van der Waals surface area contributed by atoms with Gasteiger partial charge in [-0.2, -0.15) is 0 Å². The first-order chi connectivity index (χ1) is 7.78. The van der Waals surface area contributed by atoms with Crippen molar-refractivity contribution in [3.8, 4) is 0 Å². The van der Waals surface area contributed by atoms with Gasteiger partial charge in [-0.25, -0.2) is 0 Å². The van der Waals surface area contributed by atoms with Crippen molar-refractivity contribution in [2.75, 3.05) is 6.54 Å². The molecule has 0 spiro atoms. The Hall–Kier alpha value is -1.43. The van der Waals surface area contributed by atoms with E-state index in [1.54, 1.807) is 0 Å². The summed E-state index contributed by atoms with van der Waals surface area (Å²) < 4.78 is 0. The molecule has 0 radical (unpaired) electrons. The van der Waals surface area contributed by atoms with Crippen LogP contribution in [0.5, 0.6) is 0 Å². The molecule has 3 unspecified atom stereocenters. The van der Waals surface area contributed by atoms with Gasteiger partial charge >= 0.3 is 5.97 Å². The number of amides is 2. The molecule has 6 nitrogen and oxygen atoms in total. The van der Waals surface area contributed by atoms with Crippen LogP contribution >= 0.6 is 0 Å². The maximum Gasteiger partial charge on any atom is 0.320 e. The van der Waals surface area contributed by atoms with Gasteiger partial charge in [-0.1, -0.05) is 13.8 Å². The van der Waals surface area contributed by atoms with Crippen LogP contribution in [0.2, 0.25) is 0 Å². The topological polar surface area (TPSA) is 101 Å². The van der Waals surface area contributed by atoms with E-state index in [0.717, 1.165) is 4.90 Å². The summed E-state index contributed by atoms with van der Waals surface area (Å²) >= 11 is 0. The summed E-state index contributed by atoms with van der Waals surface area (Å²) in [5.74, 6) is -1.90. The first-order valence-corrected chi connectivity index (χ1v) is 5.62. The minimum absolute atomic E-state index is 0.104. The highest BCUT2D eigenvalue weighted by molar-refractivity contribution is 6.10. The van der Waals surface area contributed by atoms with Crippen LogP contribution in [-0.4, -0.2) is 40.4 Å². The molecule has 1 saturated heterocycles. The van der Waals surface area contributed by atoms with Crippen LogP contribution in [0.15, 0.2) is 0 Å². The number of fused-ring (bicyclic) bond motifs is 1. The van der Waals surface area contributed by atoms with Crippen LogP contribution in [-0.2, 0) is 14.4 Å². The lowest BCUT2D eigenvalue weighted by atomic mass is 10.1. The minimum Gasteiger partial charge on any atom is -0.480 e. The molecule has 2 aliphatic rings. The van der Waals surface area contributed by atoms with Gasteiger partial charge in [-0.05, 0) is 11.8 Å². The quantitative estimate of drug-likeness (QED) is 0.641. The standard InChI is InChI=1S/C11H16N2O4/c1-11(2)6-7(11)9(15)13(8(6)14)4-3-5(12)10(16)17/h5-7H,3-4,12H2,1-2H3,(H,16,17). The van der Waals surface area contributed by atoms with Gasteiger partial charge in [-0.15, -0.1) is 0 Å². The molecule has 1 heterocycles. The Morgan fingerprint density at radius 2 is 1.88 bits per heavy atom. The molecule has 17 heavy (non-hydrogen) atoms. The van der Waals surface area contributed by atoms with E-state index >= 15 is 0 Å². The van der Waals surface area contributed by atoms with Crippen LogP contribution < -0.4 is 5.73 Å². The number of carboxylic acids is 1. The first kappa shape index (κ1) is 12.0. The van der Waals surface area contributed by atoms with Gasteiger partial charge in [-0.3, -0.25) is 19.3 Å². The van der Waals surface area contributed by atoms with E-state index in [1.165, 1.54) is 0 Å². The minimum atomic E-state index is -1.12. The first-order valence-electron chi connectivity index (χ1n) is 5.62. The molecule has 6 heteroatoms. The van der Waals surface area contributed by atoms with Gasteiger partial charge in [0, 0.05) is 6.54 Å². The van der Waals surface area contributed by atoms with Gasteiger partial charge in [0.1, 0.15) is 6.04 Å². The van der Waals surface area contributed by atoms with Gasteiger partial charge in [0.05, 0.1) is 11.8 Å². The molecule has 1 aliphatic heterocycles. The lowest BCUT2D eigenvalue weighted by Gasteiger charge is -2.21. The van der Waals surface area contributed by atoms with Crippen molar-refractivity contribution < 1.29 is 19.5 Å². The van der Waals surface area contributed by atoms with E-state index < -0.39 is 12.0 Å². The third-order valence-electron chi connectivity index (χ3n) is 3.87. The summed E-state index contributed by atoms with van der Waals surface area (Å²) in [6.45, 7) is 3.91. The number of nitrogens with two attached hydrogens (primary N) is 1. The number of likely N-dealkylation sites (tertiary alicyclic amines) is 1. The molecule has 0 aromatic heterocycles. The fraction of sp³-hybridized carbons (Fsp3) is 0.727. The number of aliphatic carboxylic acids is 1. The van der Waals surface area contributed by atoms with Crippen molar-refractivity contribution in [1.82, 2.24) is 4.90 Å². The van der Waals surface area contributed by atoms with E-state index in [1.807, 2.05) is 13.8 Å². The molecule has 0 aromatic rings. The van der Waals surface area contributed by atoms with Crippen molar-refractivity contribution in [1.29, 1.82) is 0 Å². The van der Waals surface area contributed by atoms with Crippen molar-refractivity contribution in [2.24, 2.45) is 23.0 Å². The van der Waals surface area contributed by atoms with Crippen LogP contribution in [0.1, 0.15) is 20.3 Å².